The van der Waals surface area contributed by atoms with Crippen LogP contribution >= 0.6 is 0 Å². The topological polar surface area (TPSA) is 73.7 Å². The van der Waals surface area contributed by atoms with Crippen LogP contribution in [0, 0.1) is 6.92 Å². The molecule has 13 heteroatoms. The summed E-state index contributed by atoms with van der Waals surface area (Å²) >= 11 is 0. The zero-order valence-electron chi connectivity index (χ0n) is 19.9. The average molecular weight is 540 g/mol. The first-order valence-electron chi connectivity index (χ1n) is 11.1. The van der Waals surface area contributed by atoms with Crippen molar-refractivity contribution in [2.24, 2.45) is 0 Å². The Kier molecular flexibility index (Phi) is 7.81. The van der Waals surface area contributed by atoms with Gasteiger partial charge in [0, 0.05) is 50.0 Å². The van der Waals surface area contributed by atoms with Crippen LogP contribution < -0.4 is 0 Å². The number of aromatic nitrogens is 1. The first-order valence-corrected chi connectivity index (χ1v) is 13.0. The van der Waals surface area contributed by atoms with Crippen LogP contribution in [0.5, 0.6) is 0 Å². The highest BCUT2D eigenvalue weighted by Gasteiger charge is 2.71. The van der Waals surface area contributed by atoms with E-state index in [-0.39, 0.29) is 5.56 Å². The van der Waals surface area contributed by atoms with Crippen LogP contribution in [0.15, 0.2) is 30.5 Å². The molecule has 36 heavy (non-hydrogen) atoms. The van der Waals surface area contributed by atoms with Crippen LogP contribution in [0.1, 0.15) is 29.3 Å². The van der Waals surface area contributed by atoms with Crippen LogP contribution in [0.2, 0.25) is 0 Å². The SMILES string of the molecule is CCc1cc(CN2CCN(S(C)(=O)=O)CC2)ncc1-c1ccc(C(O)(C(F)(F)F)C(F)(F)F)cc1C. The van der Waals surface area contributed by atoms with Gasteiger partial charge in [-0.3, -0.25) is 9.88 Å². The molecular formula is C23H27F6N3O3S. The van der Waals surface area contributed by atoms with E-state index in [1.165, 1.54) is 17.4 Å². The number of rotatable bonds is 6. The fraction of sp³-hybridized carbons (Fsp3) is 0.522. The summed E-state index contributed by atoms with van der Waals surface area (Å²) in [6.07, 6.45) is -8.68. The van der Waals surface area contributed by atoms with Gasteiger partial charge in [-0.25, -0.2) is 8.42 Å². The first kappa shape index (κ1) is 28.4. The minimum absolute atomic E-state index is 0.126. The van der Waals surface area contributed by atoms with E-state index in [0.717, 1.165) is 17.9 Å². The standard InChI is InChI=1S/C23H27F6N3O3S/c1-4-16-12-18(14-31-7-9-32(10-8-31)36(3,34)35)30-13-20(16)19-6-5-17(11-15(19)2)21(33,22(24,25)26)23(27,28)29/h5-6,11-13,33H,4,7-10,14H2,1-3H3. The smallest absolute Gasteiger partial charge is 0.369 e. The lowest BCUT2D eigenvalue weighted by molar-refractivity contribution is -0.376. The number of aryl methyl sites for hydroxylation is 2. The Morgan fingerprint density at radius 3 is 2.03 bits per heavy atom. The van der Waals surface area contributed by atoms with Gasteiger partial charge >= 0.3 is 12.4 Å². The molecule has 0 bridgehead atoms. The molecule has 0 spiro atoms. The van der Waals surface area contributed by atoms with Gasteiger partial charge in [0.15, 0.2) is 0 Å². The van der Waals surface area contributed by atoms with E-state index < -0.39 is 33.5 Å². The minimum Gasteiger partial charge on any atom is -0.369 e. The van der Waals surface area contributed by atoms with Gasteiger partial charge in [0.2, 0.25) is 10.0 Å². The van der Waals surface area contributed by atoms with Gasteiger partial charge in [0.25, 0.3) is 5.60 Å². The molecule has 3 rings (SSSR count). The Morgan fingerprint density at radius 2 is 1.56 bits per heavy atom. The van der Waals surface area contributed by atoms with E-state index in [4.69, 9.17) is 0 Å². The quantitative estimate of drug-likeness (QED) is 0.562. The Morgan fingerprint density at radius 1 is 0.972 bits per heavy atom. The van der Waals surface area contributed by atoms with E-state index in [1.54, 1.807) is 0 Å². The van der Waals surface area contributed by atoms with Gasteiger partial charge in [-0.2, -0.15) is 30.6 Å². The summed E-state index contributed by atoms with van der Waals surface area (Å²) < 4.78 is 104. The zero-order chi connectivity index (χ0) is 27.1. The normalized spacial score (nSPS) is 16.9. The third kappa shape index (κ3) is 5.53. The van der Waals surface area contributed by atoms with Crippen molar-refractivity contribution >= 4 is 10.0 Å². The molecule has 1 aromatic carbocycles. The van der Waals surface area contributed by atoms with Crippen LogP contribution in [0.3, 0.4) is 0 Å². The lowest BCUT2D eigenvalue weighted by atomic mass is 9.87. The molecule has 0 atom stereocenters. The second kappa shape index (κ2) is 9.92. The molecule has 2 aromatic rings. The molecule has 0 unspecified atom stereocenters. The summed E-state index contributed by atoms with van der Waals surface area (Å²) in [5, 5.41) is 9.69. The number of piperazine rings is 1. The summed E-state index contributed by atoms with van der Waals surface area (Å²) in [6.45, 7) is 5.49. The summed E-state index contributed by atoms with van der Waals surface area (Å²) in [5.74, 6) is 0. The maximum atomic E-state index is 13.3. The maximum absolute atomic E-state index is 13.3. The van der Waals surface area contributed by atoms with Crippen LogP contribution in [-0.4, -0.2) is 72.5 Å². The third-order valence-electron chi connectivity index (χ3n) is 6.37. The maximum Gasteiger partial charge on any atom is 0.430 e. The fourth-order valence-corrected chi connectivity index (χ4v) is 5.12. The average Bonchev–Trinajstić information content (AvgIpc) is 2.77. The third-order valence-corrected chi connectivity index (χ3v) is 7.67. The molecule has 0 saturated carbocycles. The molecule has 1 aliphatic heterocycles. The zero-order valence-corrected chi connectivity index (χ0v) is 20.7. The van der Waals surface area contributed by atoms with E-state index in [0.29, 0.717) is 68.1 Å². The van der Waals surface area contributed by atoms with Gasteiger partial charge in [-0.05, 0) is 36.1 Å². The second-order valence-corrected chi connectivity index (χ2v) is 10.8. The number of nitrogens with zero attached hydrogens (tertiary/aromatic N) is 3. The number of sulfonamides is 1. The van der Waals surface area contributed by atoms with Crippen LogP contribution in [0.25, 0.3) is 11.1 Å². The Labute approximate surface area is 205 Å². The summed E-state index contributed by atoms with van der Waals surface area (Å²) in [6, 6.07) is 4.30. The van der Waals surface area contributed by atoms with Crippen molar-refractivity contribution in [3.63, 3.8) is 0 Å². The lowest BCUT2D eigenvalue weighted by Crippen LogP contribution is -2.53. The molecule has 0 amide bonds. The predicted octanol–water partition coefficient (Wildman–Crippen LogP) is 4.01. The Bertz CT molecular complexity index is 1190. The molecule has 0 aliphatic carbocycles. The number of alkyl halides is 6. The number of hydrogen-bond donors (Lipinski definition) is 1. The van der Waals surface area contributed by atoms with E-state index in [9.17, 15) is 39.9 Å². The fourth-order valence-electron chi connectivity index (χ4n) is 4.30. The monoisotopic (exact) mass is 539 g/mol. The van der Waals surface area contributed by atoms with Crippen molar-refractivity contribution < 1.29 is 39.9 Å². The van der Waals surface area contributed by atoms with E-state index in [1.807, 2.05) is 13.0 Å². The molecule has 6 nitrogen and oxygen atoms in total. The highest BCUT2D eigenvalue weighted by atomic mass is 32.2. The van der Waals surface area contributed by atoms with Crippen molar-refractivity contribution in [1.29, 1.82) is 0 Å². The first-order chi connectivity index (χ1) is 16.5. The number of aliphatic hydroxyl groups is 1. The predicted molar refractivity (Wildman–Crippen MR) is 121 cm³/mol. The van der Waals surface area contributed by atoms with Crippen molar-refractivity contribution in [2.45, 2.75) is 44.8 Å². The van der Waals surface area contributed by atoms with Crippen LogP contribution in [0.4, 0.5) is 26.3 Å². The molecule has 1 N–H and O–H groups in total. The molecule has 1 aromatic heterocycles. The van der Waals surface area contributed by atoms with E-state index >= 15 is 0 Å². The van der Waals surface area contributed by atoms with Gasteiger partial charge < -0.3 is 5.11 Å². The molecule has 0 radical (unpaired) electrons. The van der Waals surface area contributed by atoms with Crippen molar-refractivity contribution in [3.8, 4) is 11.1 Å². The molecule has 1 saturated heterocycles. The lowest BCUT2D eigenvalue weighted by Gasteiger charge is -2.33. The second-order valence-electron chi connectivity index (χ2n) is 8.86. The minimum atomic E-state index is -5.95. The molecule has 1 aliphatic rings. The van der Waals surface area contributed by atoms with Gasteiger partial charge in [-0.15, -0.1) is 0 Å². The molecule has 1 fully saturated rings. The van der Waals surface area contributed by atoms with Crippen LogP contribution in [-0.2, 0) is 28.6 Å². The molecular weight excluding hydrogens is 512 g/mol. The molecule has 2 heterocycles. The summed E-state index contributed by atoms with van der Waals surface area (Å²) in [4.78, 5) is 6.49. The largest absolute Gasteiger partial charge is 0.430 e. The van der Waals surface area contributed by atoms with Crippen molar-refractivity contribution in [2.75, 3.05) is 32.4 Å². The van der Waals surface area contributed by atoms with Crippen molar-refractivity contribution in [1.82, 2.24) is 14.2 Å². The highest BCUT2D eigenvalue weighted by Crippen LogP contribution is 2.50. The van der Waals surface area contributed by atoms with Gasteiger partial charge in [-0.1, -0.05) is 25.1 Å². The summed E-state index contributed by atoms with van der Waals surface area (Å²) in [5.41, 5.74) is -3.69. The number of halogens is 6. The number of pyridine rings is 1. The number of hydrogen-bond acceptors (Lipinski definition) is 5. The number of benzene rings is 1. The van der Waals surface area contributed by atoms with Crippen molar-refractivity contribution in [3.05, 3.63) is 52.8 Å². The molecule has 200 valence electrons. The van der Waals surface area contributed by atoms with E-state index in [2.05, 4.69) is 9.88 Å². The van der Waals surface area contributed by atoms with Gasteiger partial charge in [0.05, 0.1) is 11.9 Å². The summed E-state index contributed by atoms with van der Waals surface area (Å²) in [7, 11) is -3.25. The van der Waals surface area contributed by atoms with Gasteiger partial charge in [0.1, 0.15) is 0 Å². The Hall–Kier alpha value is -2.22. The highest BCUT2D eigenvalue weighted by molar-refractivity contribution is 7.88. The Balaban J connectivity index is 1.87.